The summed E-state index contributed by atoms with van der Waals surface area (Å²) in [5, 5.41) is 2.95. The Morgan fingerprint density at radius 3 is 2.55 bits per heavy atom. The minimum absolute atomic E-state index is 0.0140. The zero-order valence-corrected chi connectivity index (χ0v) is 14.0. The molecule has 0 radical (unpaired) electrons. The van der Waals surface area contributed by atoms with Crippen LogP contribution in [0.25, 0.3) is 0 Å². The van der Waals surface area contributed by atoms with Crippen molar-refractivity contribution < 1.29 is 4.79 Å². The Kier molecular flexibility index (Phi) is 5.01. The van der Waals surface area contributed by atoms with Crippen LogP contribution in [0.15, 0.2) is 10.9 Å². The third-order valence-electron chi connectivity index (χ3n) is 4.42. The van der Waals surface area contributed by atoms with E-state index < -0.39 is 5.54 Å². The van der Waals surface area contributed by atoms with Crippen LogP contribution in [0.1, 0.15) is 38.1 Å². The van der Waals surface area contributed by atoms with Crippen molar-refractivity contribution in [1.29, 1.82) is 0 Å². The van der Waals surface area contributed by atoms with Gasteiger partial charge in [0.05, 0.1) is 5.54 Å². The fourth-order valence-electron chi connectivity index (χ4n) is 2.96. The molecule has 0 atom stereocenters. The van der Waals surface area contributed by atoms with Gasteiger partial charge in [0.1, 0.15) is 0 Å². The van der Waals surface area contributed by atoms with E-state index in [-0.39, 0.29) is 11.6 Å². The zero-order valence-electron chi connectivity index (χ0n) is 14.0. The van der Waals surface area contributed by atoms with Gasteiger partial charge in [-0.2, -0.15) is 4.98 Å². The molecular formula is C16H26N4O2. The molecule has 0 bridgehead atoms. The monoisotopic (exact) mass is 306 g/mol. The Balaban J connectivity index is 1.93. The van der Waals surface area contributed by atoms with E-state index in [2.05, 4.69) is 15.2 Å². The van der Waals surface area contributed by atoms with E-state index in [0.717, 1.165) is 37.3 Å². The second-order valence-electron chi connectivity index (χ2n) is 6.48. The summed E-state index contributed by atoms with van der Waals surface area (Å²) in [6.07, 6.45) is 2.31. The first-order chi connectivity index (χ1) is 10.3. The average Bonchev–Trinajstić information content (AvgIpc) is 2.96. The van der Waals surface area contributed by atoms with Crippen LogP contribution >= 0.6 is 0 Å². The average molecular weight is 306 g/mol. The maximum absolute atomic E-state index is 12.4. The van der Waals surface area contributed by atoms with Crippen molar-refractivity contribution in [3.05, 3.63) is 27.9 Å². The van der Waals surface area contributed by atoms with E-state index in [4.69, 9.17) is 0 Å². The second kappa shape index (κ2) is 6.60. The first-order valence-electron chi connectivity index (χ1n) is 7.91. The van der Waals surface area contributed by atoms with E-state index in [1.807, 2.05) is 26.8 Å². The molecule has 2 rings (SSSR count). The fourth-order valence-corrected chi connectivity index (χ4v) is 2.96. The van der Waals surface area contributed by atoms with Crippen molar-refractivity contribution in [3.8, 4) is 0 Å². The molecule has 0 aliphatic carbocycles. The third-order valence-corrected chi connectivity index (χ3v) is 4.42. The molecule has 0 unspecified atom stereocenters. The Bertz CT molecular complexity index is 601. The molecule has 1 amide bonds. The Morgan fingerprint density at radius 1 is 1.32 bits per heavy atom. The highest BCUT2D eigenvalue weighted by atomic mass is 16.2. The summed E-state index contributed by atoms with van der Waals surface area (Å²) in [5.74, 6) is 0.0140. The molecule has 0 aromatic carbocycles. The van der Waals surface area contributed by atoms with E-state index >= 15 is 0 Å². The van der Waals surface area contributed by atoms with Crippen molar-refractivity contribution in [2.75, 3.05) is 19.6 Å². The molecule has 1 aromatic rings. The van der Waals surface area contributed by atoms with E-state index in [1.165, 1.54) is 0 Å². The fraction of sp³-hybridized carbons (Fsp3) is 0.688. The summed E-state index contributed by atoms with van der Waals surface area (Å²) in [7, 11) is 0. The van der Waals surface area contributed by atoms with Gasteiger partial charge in [0.15, 0.2) is 0 Å². The first kappa shape index (κ1) is 16.7. The molecule has 1 aliphatic heterocycles. The topological polar surface area (TPSA) is 67.2 Å². The van der Waals surface area contributed by atoms with Gasteiger partial charge in [0.25, 0.3) is 0 Å². The van der Waals surface area contributed by atoms with Gasteiger partial charge in [-0.25, -0.2) is 4.79 Å². The molecule has 22 heavy (non-hydrogen) atoms. The number of likely N-dealkylation sites (tertiary alicyclic amines) is 1. The maximum atomic E-state index is 12.4. The summed E-state index contributed by atoms with van der Waals surface area (Å²) < 4.78 is 1.59. The lowest BCUT2D eigenvalue weighted by Crippen LogP contribution is -2.54. The van der Waals surface area contributed by atoms with Crippen molar-refractivity contribution in [2.24, 2.45) is 0 Å². The lowest BCUT2D eigenvalue weighted by atomic mass is 10.0. The Labute approximate surface area is 131 Å². The number of aromatic nitrogens is 2. The molecule has 0 spiro atoms. The summed E-state index contributed by atoms with van der Waals surface area (Å²) in [6, 6.07) is 1.87. The number of amides is 1. The predicted molar refractivity (Wildman–Crippen MR) is 85.9 cm³/mol. The number of nitrogens with zero attached hydrogens (tertiary/aromatic N) is 3. The van der Waals surface area contributed by atoms with Crippen LogP contribution in [0.2, 0.25) is 0 Å². The van der Waals surface area contributed by atoms with Gasteiger partial charge in [-0.05, 0) is 59.7 Å². The van der Waals surface area contributed by atoms with Gasteiger partial charge in [0, 0.05) is 24.5 Å². The molecule has 6 heteroatoms. The number of hydrogen-bond acceptors (Lipinski definition) is 4. The van der Waals surface area contributed by atoms with Gasteiger partial charge in [-0.3, -0.25) is 14.3 Å². The van der Waals surface area contributed by atoms with Crippen LogP contribution < -0.4 is 11.0 Å². The molecule has 2 heterocycles. The first-order valence-corrected chi connectivity index (χ1v) is 7.91. The highest BCUT2D eigenvalue weighted by Gasteiger charge is 2.35. The molecular weight excluding hydrogens is 280 g/mol. The molecule has 1 N–H and O–H groups in total. The van der Waals surface area contributed by atoms with Crippen LogP contribution in [0.3, 0.4) is 0 Å². The highest BCUT2D eigenvalue weighted by Crippen LogP contribution is 2.20. The number of carbonyl (C=O) groups excluding carboxylic acids is 1. The highest BCUT2D eigenvalue weighted by molar-refractivity contribution is 5.85. The number of hydrogen-bond donors (Lipinski definition) is 1. The molecule has 0 saturated carbocycles. The van der Waals surface area contributed by atoms with E-state index in [0.29, 0.717) is 13.1 Å². The third kappa shape index (κ3) is 3.55. The van der Waals surface area contributed by atoms with Crippen molar-refractivity contribution in [1.82, 2.24) is 19.8 Å². The number of carbonyl (C=O) groups is 1. The summed E-state index contributed by atoms with van der Waals surface area (Å²) in [4.78, 5) is 30.4. The van der Waals surface area contributed by atoms with Crippen LogP contribution in [-0.4, -0.2) is 45.5 Å². The summed E-state index contributed by atoms with van der Waals surface area (Å²) in [6.45, 7) is 10.4. The number of aryl methyl sites for hydroxylation is 2. The Hall–Kier alpha value is -1.69. The van der Waals surface area contributed by atoms with Crippen molar-refractivity contribution in [2.45, 2.75) is 52.6 Å². The minimum atomic E-state index is -0.498. The van der Waals surface area contributed by atoms with Crippen LogP contribution in [0.4, 0.5) is 0 Å². The molecule has 122 valence electrons. The lowest BCUT2D eigenvalue weighted by molar-refractivity contribution is -0.131. The predicted octanol–water partition coefficient (Wildman–Crippen LogP) is 0.851. The van der Waals surface area contributed by atoms with Gasteiger partial charge < -0.3 is 5.32 Å². The molecule has 1 saturated heterocycles. The smallest absolute Gasteiger partial charge is 0.348 e. The van der Waals surface area contributed by atoms with Gasteiger partial charge in [-0.1, -0.05) is 0 Å². The van der Waals surface area contributed by atoms with Crippen molar-refractivity contribution >= 4 is 5.91 Å². The Morgan fingerprint density at radius 2 is 1.95 bits per heavy atom. The van der Waals surface area contributed by atoms with Gasteiger partial charge in [0.2, 0.25) is 5.91 Å². The normalized spacial score (nSPS) is 16.0. The molecule has 6 nitrogen and oxygen atoms in total. The molecule has 1 aromatic heterocycles. The number of nitrogens with one attached hydrogen (secondary N) is 1. The molecule has 1 fully saturated rings. The quantitative estimate of drug-likeness (QED) is 0.876. The van der Waals surface area contributed by atoms with Gasteiger partial charge >= 0.3 is 5.69 Å². The van der Waals surface area contributed by atoms with Crippen LogP contribution in [-0.2, 0) is 11.3 Å². The van der Waals surface area contributed by atoms with Gasteiger partial charge in [-0.15, -0.1) is 0 Å². The van der Waals surface area contributed by atoms with Crippen molar-refractivity contribution in [3.63, 3.8) is 0 Å². The largest absolute Gasteiger partial charge is 0.353 e. The standard InChI is InChI=1S/C16H26N4O2/c1-12-11-13(2)20(15(22)18-12)10-7-17-14(21)16(3,4)19-8-5-6-9-19/h11H,5-10H2,1-4H3,(H,17,21). The van der Waals surface area contributed by atoms with E-state index in [9.17, 15) is 9.59 Å². The lowest BCUT2D eigenvalue weighted by Gasteiger charge is -2.33. The van der Waals surface area contributed by atoms with Crippen LogP contribution in [0, 0.1) is 13.8 Å². The zero-order chi connectivity index (χ0) is 16.3. The molecule has 1 aliphatic rings. The SMILES string of the molecule is Cc1cc(C)n(CCNC(=O)C(C)(C)N2CCCC2)c(=O)n1. The maximum Gasteiger partial charge on any atom is 0.348 e. The number of rotatable bonds is 5. The summed E-state index contributed by atoms with van der Waals surface area (Å²) >= 11 is 0. The second-order valence-corrected chi connectivity index (χ2v) is 6.48. The summed E-state index contributed by atoms with van der Waals surface area (Å²) in [5.41, 5.74) is 0.830. The van der Waals surface area contributed by atoms with E-state index in [1.54, 1.807) is 11.5 Å². The minimum Gasteiger partial charge on any atom is -0.353 e. The van der Waals surface area contributed by atoms with Crippen LogP contribution in [0.5, 0.6) is 0 Å².